The Bertz CT molecular complexity index is 616. The SMILES string of the molecule is CC1(NC(=O)Cc2cnc3ccc(Br)cn23)CC1. The van der Waals surface area contributed by atoms with E-state index in [2.05, 4.69) is 33.2 Å². The summed E-state index contributed by atoms with van der Waals surface area (Å²) in [7, 11) is 0. The zero-order valence-corrected chi connectivity index (χ0v) is 11.7. The number of imidazole rings is 1. The molecule has 0 aliphatic heterocycles. The Balaban J connectivity index is 1.81. The predicted octanol–water partition coefficient (Wildman–Crippen LogP) is 2.31. The molecule has 1 amide bonds. The van der Waals surface area contributed by atoms with Crippen molar-refractivity contribution in [2.75, 3.05) is 0 Å². The summed E-state index contributed by atoms with van der Waals surface area (Å²) < 4.78 is 2.92. The van der Waals surface area contributed by atoms with Crippen molar-refractivity contribution in [3.63, 3.8) is 0 Å². The Kier molecular flexibility index (Phi) is 2.66. The van der Waals surface area contributed by atoms with Crippen molar-refractivity contribution < 1.29 is 4.79 Å². The summed E-state index contributed by atoms with van der Waals surface area (Å²) in [5, 5.41) is 3.06. The van der Waals surface area contributed by atoms with E-state index in [1.54, 1.807) is 6.20 Å². The molecule has 18 heavy (non-hydrogen) atoms. The average molecular weight is 308 g/mol. The Labute approximate surface area is 114 Å². The average Bonchev–Trinajstić information content (AvgIpc) is 2.90. The molecule has 0 aromatic carbocycles. The molecular formula is C13H14BrN3O. The van der Waals surface area contributed by atoms with E-state index in [0.29, 0.717) is 6.42 Å². The van der Waals surface area contributed by atoms with Crippen LogP contribution in [0.1, 0.15) is 25.5 Å². The number of rotatable bonds is 3. The Morgan fingerprint density at radius 3 is 3.06 bits per heavy atom. The summed E-state index contributed by atoms with van der Waals surface area (Å²) in [5.41, 5.74) is 1.81. The molecule has 0 spiro atoms. The summed E-state index contributed by atoms with van der Waals surface area (Å²) in [5.74, 6) is 0.0665. The van der Waals surface area contributed by atoms with E-state index in [4.69, 9.17) is 0 Å². The lowest BCUT2D eigenvalue weighted by Crippen LogP contribution is -2.35. The molecular weight excluding hydrogens is 294 g/mol. The highest BCUT2D eigenvalue weighted by molar-refractivity contribution is 9.10. The zero-order valence-electron chi connectivity index (χ0n) is 10.1. The molecule has 1 fully saturated rings. The highest BCUT2D eigenvalue weighted by Gasteiger charge is 2.38. The van der Waals surface area contributed by atoms with Crippen molar-refractivity contribution >= 4 is 27.5 Å². The van der Waals surface area contributed by atoms with Crippen LogP contribution in [0.3, 0.4) is 0 Å². The maximum absolute atomic E-state index is 11.9. The van der Waals surface area contributed by atoms with Crippen LogP contribution >= 0.6 is 15.9 Å². The molecule has 0 saturated heterocycles. The molecule has 0 bridgehead atoms. The van der Waals surface area contributed by atoms with Gasteiger partial charge in [-0.1, -0.05) is 0 Å². The van der Waals surface area contributed by atoms with Crippen molar-refractivity contribution in [1.29, 1.82) is 0 Å². The number of hydrogen-bond donors (Lipinski definition) is 1. The molecule has 1 N–H and O–H groups in total. The molecule has 1 saturated carbocycles. The molecule has 2 aromatic rings. The van der Waals surface area contributed by atoms with Gasteiger partial charge in [0.2, 0.25) is 5.91 Å². The van der Waals surface area contributed by atoms with Gasteiger partial charge in [0, 0.05) is 22.4 Å². The molecule has 2 aromatic heterocycles. The third kappa shape index (κ3) is 2.27. The second-order valence-corrected chi connectivity index (χ2v) is 6.03. The van der Waals surface area contributed by atoms with E-state index in [9.17, 15) is 4.79 Å². The molecule has 0 atom stereocenters. The predicted molar refractivity (Wildman–Crippen MR) is 72.4 cm³/mol. The Morgan fingerprint density at radius 2 is 2.33 bits per heavy atom. The monoisotopic (exact) mass is 307 g/mol. The van der Waals surface area contributed by atoms with Crippen molar-refractivity contribution in [3.05, 3.63) is 34.7 Å². The summed E-state index contributed by atoms with van der Waals surface area (Å²) in [6.45, 7) is 2.08. The minimum atomic E-state index is 0.0398. The molecule has 2 heterocycles. The quantitative estimate of drug-likeness (QED) is 0.946. The Morgan fingerprint density at radius 1 is 1.56 bits per heavy atom. The molecule has 4 nitrogen and oxygen atoms in total. The van der Waals surface area contributed by atoms with E-state index >= 15 is 0 Å². The third-order valence-electron chi connectivity index (χ3n) is 3.33. The largest absolute Gasteiger partial charge is 0.351 e. The van der Waals surface area contributed by atoms with E-state index in [1.807, 2.05) is 22.7 Å². The van der Waals surface area contributed by atoms with E-state index in [1.165, 1.54) is 0 Å². The van der Waals surface area contributed by atoms with Gasteiger partial charge < -0.3 is 9.72 Å². The number of fused-ring (bicyclic) bond motifs is 1. The fraction of sp³-hybridized carbons (Fsp3) is 0.385. The number of pyridine rings is 1. The van der Waals surface area contributed by atoms with E-state index < -0.39 is 0 Å². The number of aromatic nitrogens is 2. The first-order chi connectivity index (χ1) is 8.56. The topological polar surface area (TPSA) is 46.4 Å². The number of hydrogen-bond acceptors (Lipinski definition) is 2. The number of carbonyl (C=O) groups is 1. The fourth-order valence-electron chi connectivity index (χ4n) is 1.99. The van der Waals surface area contributed by atoms with Crippen LogP contribution in [-0.2, 0) is 11.2 Å². The number of halogens is 1. The minimum Gasteiger partial charge on any atom is -0.351 e. The summed E-state index contributed by atoms with van der Waals surface area (Å²) in [6, 6.07) is 3.87. The van der Waals surface area contributed by atoms with Gasteiger partial charge in [-0.2, -0.15) is 0 Å². The number of nitrogens with zero attached hydrogens (tertiary/aromatic N) is 2. The summed E-state index contributed by atoms with van der Waals surface area (Å²) >= 11 is 3.43. The number of amides is 1. The van der Waals surface area contributed by atoms with Crippen LogP contribution < -0.4 is 5.32 Å². The Hall–Kier alpha value is -1.36. The van der Waals surface area contributed by atoms with Crippen LogP contribution in [0.5, 0.6) is 0 Å². The molecule has 0 radical (unpaired) electrons. The maximum atomic E-state index is 11.9. The van der Waals surface area contributed by atoms with E-state index in [-0.39, 0.29) is 11.4 Å². The lowest BCUT2D eigenvalue weighted by molar-refractivity contribution is -0.121. The van der Waals surface area contributed by atoms with Gasteiger partial charge in [-0.25, -0.2) is 4.98 Å². The van der Waals surface area contributed by atoms with Crippen LogP contribution in [0, 0.1) is 0 Å². The molecule has 5 heteroatoms. The minimum absolute atomic E-state index is 0.0398. The third-order valence-corrected chi connectivity index (χ3v) is 3.80. The van der Waals surface area contributed by atoms with Crippen LogP contribution in [0.2, 0.25) is 0 Å². The summed E-state index contributed by atoms with van der Waals surface area (Å²) in [4.78, 5) is 16.2. The van der Waals surface area contributed by atoms with Gasteiger partial charge >= 0.3 is 0 Å². The van der Waals surface area contributed by atoms with Crippen LogP contribution in [0.15, 0.2) is 29.0 Å². The van der Waals surface area contributed by atoms with Crippen LogP contribution in [0.4, 0.5) is 0 Å². The first-order valence-corrected chi connectivity index (χ1v) is 6.78. The van der Waals surface area contributed by atoms with Crippen molar-refractivity contribution in [2.24, 2.45) is 0 Å². The zero-order chi connectivity index (χ0) is 12.8. The maximum Gasteiger partial charge on any atom is 0.226 e. The van der Waals surface area contributed by atoms with Gasteiger partial charge in [-0.3, -0.25) is 4.79 Å². The van der Waals surface area contributed by atoms with Gasteiger partial charge in [0.1, 0.15) is 5.65 Å². The first kappa shape index (κ1) is 11.7. The van der Waals surface area contributed by atoms with Crippen molar-refractivity contribution in [1.82, 2.24) is 14.7 Å². The molecule has 3 rings (SSSR count). The lowest BCUT2D eigenvalue weighted by Gasteiger charge is -2.11. The van der Waals surface area contributed by atoms with Crippen molar-refractivity contribution in [3.8, 4) is 0 Å². The lowest BCUT2D eigenvalue weighted by atomic mass is 10.2. The highest BCUT2D eigenvalue weighted by Crippen LogP contribution is 2.34. The molecule has 1 aliphatic carbocycles. The van der Waals surface area contributed by atoms with Crippen LogP contribution in [-0.4, -0.2) is 20.8 Å². The summed E-state index contributed by atoms with van der Waals surface area (Å²) in [6.07, 6.45) is 6.22. The van der Waals surface area contributed by atoms with E-state index in [0.717, 1.165) is 28.7 Å². The van der Waals surface area contributed by atoms with Gasteiger partial charge in [0.25, 0.3) is 0 Å². The second-order valence-electron chi connectivity index (χ2n) is 5.11. The first-order valence-electron chi connectivity index (χ1n) is 5.98. The molecule has 0 unspecified atom stereocenters. The normalized spacial score (nSPS) is 16.8. The second kappa shape index (κ2) is 4.09. The van der Waals surface area contributed by atoms with Gasteiger partial charge in [-0.15, -0.1) is 0 Å². The standard InChI is InChI=1S/C13H14BrN3O/c1-13(4-5-13)16-12(18)6-10-7-15-11-3-2-9(14)8-17(10)11/h2-3,7-8H,4-6H2,1H3,(H,16,18). The van der Waals surface area contributed by atoms with Gasteiger partial charge in [0.05, 0.1) is 12.1 Å². The van der Waals surface area contributed by atoms with Crippen molar-refractivity contribution in [2.45, 2.75) is 31.7 Å². The van der Waals surface area contributed by atoms with Gasteiger partial charge in [-0.05, 0) is 47.8 Å². The molecule has 1 aliphatic rings. The van der Waals surface area contributed by atoms with Gasteiger partial charge in [0.15, 0.2) is 0 Å². The number of nitrogens with one attached hydrogen (secondary N) is 1. The fourth-order valence-corrected chi connectivity index (χ4v) is 2.33. The highest BCUT2D eigenvalue weighted by atomic mass is 79.9. The van der Waals surface area contributed by atoms with Crippen LogP contribution in [0.25, 0.3) is 5.65 Å². The molecule has 94 valence electrons. The number of carbonyl (C=O) groups excluding carboxylic acids is 1. The smallest absolute Gasteiger partial charge is 0.226 e.